The molecule has 0 radical (unpaired) electrons. The Balaban J connectivity index is 3.34. The number of aliphatic hydroxyl groups excluding tert-OH is 1. The molecule has 0 heterocycles. The molecule has 1 aromatic rings. The van der Waals surface area contributed by atoms with Crippen LogP contribution in [0.1, 0.15) is 12.5 Å². The van der Waals surface area contributed by atoms with Gasteiger partial charge >= 0.3 is 0 Å². The van der Waals surface area contributed by atoms with Crippen LogP contribution in [0.5, 0.6) is 0 Å². The molecule has 1 aromatic carbocycles. The Morgan fingerprint density at radius 2 is 2.26 bits per heavy atom. The fourth-order valence-electron chi connectivity index (χ4n) is 1.64. The molecule has 0 aliphatic rings. The zero-order valence-corrected chi connectivity index (χ0v) is 12.4. The van der Waals surface area contributed by atoms with E-state index in [-0.39, 0.29) is 17.1 Å². The molecule has 0 saturated heterocycles. The molecule has 104 valence electrons. The van der Waals surface area contributed by atoms with E-state index in [0.29, 0.717) is 4.47 Å². The maximum atomic E-state index is 11.4. The van der Waals surface area contributed by atoms with Crippen molar-refractivity contribution in [2.45, 2.75) is 12.5 Å². The van der Waals surface area contributed by atoms with Crippen LogP contribution >= 0.6 is 27.5 Å². The lowest BCUT2D eigenvalue weighted by atomic mass is 9.91. The fraction of sp³-hybridized carbons (Fsp3) is 0.364. The number of hydrogen-bond acceptors (Lipinski definition) is 4. The summed E-state index contributed by atoms with van der Waals surface area (Å²) in [4.78, 5) is 21.8. The van der Waals surface area contributed by atoms with Crippen LogP contribution in [-0.4, -0.2) is 28.4 Å². The van der Waals surface area contributed by atoms with Crippen LogP contribution in [0.2, 0.25) is 0 Å². The van der Waals surface area contributed by atoms with Crippen molar-refractivity contribution in [1.82, 2.24) is 5.32 Å². The van der Waals surface area contributed by atoms with Gasteiger partial charge in [-0.1, -0.05) is 15.9 Å². The third-order valence-electron chi connectivity index (χ3n) is 2.60. The molecule has 0 fully saturated rings. The van der Waals surface area contributed by atoms with E-state index < -0.39 is 23.0 Å². The van der Waals surface area contributed by atoms with Gasteiger partial charge in [-0.25, -0.2) is 0 Å². The SMILES string of the molecule is C[C@@](CO)(NC(=O)CCl)c1cc(Br)ccc1[N+](=O)[O-]. The number of aliphatic hydroxyl groups is 1. The number of hydrogen-bond donors (Lipinski definition) is 2. The van der Waals surface area contributed by atoms with E-state index in [4.69, 9.17) is 11.6 Å². The number of amides is 1. The molecule has 1 rings (SSSR count). The average Bonchev–Trinajstić information content (AvgIpc) is 2.37. The maximum Gasteiger partial charge on any atom is 0.275 e. The van der Waals surface area contributed by atoms with Gasteiger partial charge in [0, 0.05) is 10.5 Å². The first-order valence-electron chi connectivity index (χ1n) is 5.26. The van der Waals surface area contributed by atoms with Gasteiger partial charge in [0.1, 0.15) is 5.88 Å². The Morgan fingerprint density at radius 3 is 2.74 bits per heavy atom. The Labute approximate surface area is 123 Å². The number of rotatable bonds is 5. The van der Waals surface area contributed by atoms with E-state index in [1.165, 1.54) is 25.1 Å². The Bertz CT molecular complexity index is 511. The minimum Gasteiger partial charge on any atom is -0.394 e. The quantitative estimate of drug-likeness (QED) is 0.481. The summed E-state index contributed by atoms with van der Waals surface area (Å²) in [7, 11) is 0. The average molecular weight is 352 g/mol. The number of nitro groups is 1. The predicted molar refractivity (Wildman–Crippen MR) is 74.1 cm³/mol. The highest BCUT2D eigenvalue weighted by atomic mass is 79.9. The number of carbonyl (C=O) groups excluding carboxylic acids is 1. The lowest BCUT2D eigenvalue weighted by molar-refractivity contribution is -0.386. The highest BCUT2D eigenvalue weighted by molar-refractivity contribution is 9.10. The van der Waals surface area contributed by atoms with Gasteiger partial charge in [0.25, 0.3) is 5.69 Å². The number of nitrogens with one attached hydrogen (secondary N) is 1. The molecule has 1 amide bonds. The number of alkyl halides is 1. The van der Waals surface area contributed by atoms with Crippen LogP contribution in [0.15, 0.2) is 22.7 Å². The van der Waals surface area contributed by atoms with Crippen LogP contribution in [-0.2, 0) is 10.3 Å². The summed E-state index contributed by atoms with van der Waals surface area (Å²) < 4.78 is 0.605. The minimum atomic E-state index is -1.28. The molecule has 2 N–H and O–H groups in total. The van der Waals surface area contributed by atoms with Crippen LogP contribution in [0.3, 0.4) is 0 Å². The molecular formula is C11H12BrClN2O4. The number of halogens is 2. The molecule has 1 atom stereocenters. The summed E-state index contributed by atoms with van der Waals surface area (Å²) in [6.45, 7) is 0.999. The minimum absolute atomic E-state index is 0.186. The second-order valence-corrected chi connectivity index (χ2v) is 5.27. The normalized spacial score (nSPS) is 13.7. The largest absolute Gasteiger partial charge is 0.394 e. The number of nitro benzene ring substituents is 1. The van der Waals surface area contributed by atoms with Gasteiger partial charge in [0.15, 0.2) is 0 Å². The fourth-order valence-corrected chi connectivity index (χ4v) is 2.07. The second-order valence-electron chi connectivity index (χ2n) is 4.09. The van der Waals surface area contributed by atoms with Crippen LogP contribution in [0.25, 0.3) is 0 Å². The molecule has 0 unspecified atom stereocenters. The van der Waals surface area contributed by atoms with Gasteiger partial charge < -0.3 is 10.4 Å². The monoisotopic (exact) mass is 350 g/mol. The zero-order chi connectivity index (χ0) is 14.6. The van der Waals surface area contributed by atoms with Crippen molar-refractivity contribution in [1.29, 1.82) is 0 Å². The van der Waals surface area contributed by atoms with Crippen molar-refractivity contribution >= 4 is 39.1 Å². The Hall–Kier alpha value is -1.18. The summed E-state index contributed by atoms with van der Waals surface area (Å²) in [5.41, 5.74) is -1.26. The third-order valence-corrected chi connectivity index (χ3v) is 3.34. The van der Waals surface area contributed by atoms with Crippen molar-refractivity contribution in [3.8, 4) is 0 Å². The van der Waals surface area contributed by atoms with Gasteiger partial charge in [-0.05, 0) is 19.1 Å². The first-order valence-corrected chi connectivity index (χ1v) is 6.59. The first-order chi connectivity index (χ1) is 8.84. The maximum absolute atomic E-state index is 11.4. The van der Waals surface area contributed by atoms with Gasteiger partial charge in [-0.15, -0.1) is 11.6 Å². The molecule has 8 heteroatoms. The second kappa shape index (κ2) is 6.31. The van der Waals surface area contributed by atoms with Crippen molar-refractivity contribution in [2.75, 3.05) is 12.5 Å². The van der Waals surface area contributed by atoms with E-state index in [1.54, 1.807) is 0 Å². The molecule has 0 bridgehead atoms. The van der Waals surface area contributed by atoms with E-state index in [2.05, 4.69) is 21.2 Å². The smallest absolute Gasteiger partial charge is 0.275 e. The first kappa shape index (κ1) is 15.9. The molecule has 0 saturated carbocycles. The highest BCUT2D eigenvalue weighted by Gasteiger charge is 2.34. The Kier molecular flexibility index (Phi) is 5.28. The summed E-state index contributed by atoms with van der Waals surface area (Å²) >= 11 is 8.61. The summed E-state index contributed by atoms with van der Waals surface area (Å²) in [5, 5.41) is 23.0. The van der Waals surface area contributed by atoms with Crippen molar-refractivity contribution in [3.63, 3.8) is 0 Å². The van der Waals surface area contributed by atoms with Gasteiger partial charge in [-0.3, -0.25) is 14.9 Å². The predicted octanol–water partition coefficient (Wildman–Crippen LogP) is 1.92. The van der Waals surface area contributed by atoms with Gasteiger partial charge in [-0.2, -0.15) is 0 Å². The van der Waals surface area contributed by atoms with E-state index in [1.807, 2.05) is 0 Å². The van der Waals surface area contributed by atoms with Crippen LogP contribution in [0, 0.1) is 10.1 Å². The molecule has 0 aromatic heterocycles. The number of benzene rings is 1. The molecular weight excluding hydrogens is 339 g/mol. The number of nitrogens with zero attached hydrogens (tertiary/aromatic N) is 1. The van der Waals surface area contributed by atoms with E-state index >= 15 is 0 Å². The zero-order valence-electron chi connectivity index (χ0n) is 10.0. The van der Waals surface area contributed by atoms with Crippen LogP contribution < -0.4 is 5.32 Å². The summed E-state index contributed by atoms with van der Waals surface area (Å²) in [6.07, 6.45) is 0. The topological polar surface area (TPSA) is 92.5 Å². The lowest BCUT2D eigenvalue weighted by Crippen LogP contribution is -2.47. The van der Waals surface area contributed by atoms with Crippen molar-refractivity contribution < 1.29 is 14.8 Å². The summed E-state index contributed by atoms with van der Waals surface area (Å²) in [6, 6.07) is 4.31. The molecule has 0 aliphatic heterocycles. The van der Waals surface area contributed by atoms with Crippen LogP contribution in [0.4, 0.5) is 5.69 Å². The molecule has 19 heavy (non-hydrogen) atoms. The Morgan fingerprint density at radius 1 is 1.63 bits per heavy atom. The molecule has 0 aliphatic carbocycles. The number of carbonyl (C=O) groups is 1. The van der Waals surface area contributed by atoms with Gasteiger partial charge in [0.05, 0.1) is 22.6 Å². The molecule has 0 spiro atoms. The van der Waals surface area contributed by atoms with Crippen molar-refractivity contribution in [2.24, 2.45) is 0 Å². The third kappa shape index (κ3) is 3.65. The summed E-state index contributed by atoms with van der Waals surface area (Å²) in [5.74, 6) is -0.815. The lowest BCUT2D eigenvalue weighted by Gasteiger charge is -2.28. The standard InChI is InChI=1S/C11H12BrClN2O4/c1-11(6-16,14-10(17)5-13)8-4-7(12)2-3-9(8)15(18)19/h2-4,16H,5-6H2,1H3,(H,14,17)/t11-/m0/s1. The highest BCUT2D eigenvalue weighted by Crippen LogP contribution is 2.32. The van der Waals surface area contributed by atoms with Gasteiger partial charge in [0.2, 0.25) is 5.91 Å². The van der Waals surface area contributed by atoms with E-state index in [0.717, 1.165) is 0 Å². The van der Waals surface area contributed by atoms with Crippen molar-refractivity contribution in [3.05, 3.63) is 38.3 Å². The molecule has 6 nitrogen and oxygen atoms in total. The van der Waals surface area contributed by atoms with E-state index in [9.17, 15) is 20.0 Å².